The van der Waals surface area contributed by atoms with Crippen molar-refractivity contribution in [1.29, 1.82) is 0 Å². The summed E-state index contributed by atoms with van der Waals surface area (Å²) in [6.07, 6.45) is 4.27. The van der Waals surface area contributed by atoms with E-state index in [1.54, 1.807) is 32.3 Å². The molecule has 1 atom stereocenters. The van der Waals surface area contributed by atoms with Gasteiger partial charge in [0.1, 0.15) is 11.5 Å². The van der Waals surface area contributed by atoms with Gasteiger partial charge in [-0.3, -0.25) is 9.69 Å². The molecule has 0 aliphatic carbocycles. The number of fused-ring (bicyclic) bond motifs is 1. The number of thioether (sulfide) groups is 1. The fourth-order valence-corrected chi connectivity index (χ4v) is 3.77. The molecule has 25 heavy (non-hydrogen) atoms. The van der Waals surface area contributed by atoms with E-state index in [2.05, 4.69) is 9.97 Å². The first kappa shape index (κ1) is 17.6. The van der Waals surface area contributed by atoms with E-state index in [1.807, 2.05) is 23.3 Å². The Morgan fingerprint density at radius 1 is 1.40 bits per heavy atom. The molecule has 0 spiro atoms. The summed E-state index contributed by atoms with van der Waals surface area (Å²) in [5.41, 5.74) is 2.37. The number of benzene rings is 1. The second kappa shape index (κ2) is 7.37. The molecule has 2 N–H and O–H groups in total. The van der Waals surface area contributed by atoms with Gasteiger partial charge in [-0.2, -0.15) is 0 Å². The number of carboxylic acids is 1. The van der Waals surface area contributed by atoms with Gasteiger partial charge in [0.05, 0.1) is 31.1 Å². The summed E-state index contributed by atoms with van der Waals surface area (Å²) >= 11 is 1.57. The lowest BCUT2D eigenvalue weighted by Gasteiger charge is -2.32. The minimum atomic E-state index is -0.903. The Balaban J connectivity index is 1.95. The number of aromatic amines is 1. The van der Waals surface area contributed by atoms with Gasteiger partial charge in [-0.1, -0.05) is 0 Å². The Labute approximate surface area is 150 Å². The van der Waals surface area contributed by atoms with Crippen LogP contribution >= 0.6 is 11.8 Å². The van der Waals surface area contributed by atoms with E-state index in [0.29, 0.717) is 18.8 Å². The first-order valence-electron chi connectivity index (χ1n) is 7.87. The Bertz CT molecular complexity index is 777. The molecule has 1 aliphatic heterocycles. The lowest BCUT2D eigenvalue weighted by molar-refractivity contribution is -0.144. The first-order chi connectivity index (χ1) is 12.1. The number of aliphatic carboxylic acids is 1. The number of carboxylic acid groups (broad SMARTS) is 1. The van der Waals surface area contributed by atoms with Crippen molar-refractivity contribution in [3.8, 4) is 11.5 Å². The number of methoxy groups -OCH3 is 2. The van der Waals surface area contributed by atoms with Crippen molar-refractivity contribution in [1.82, 2.24) is 14.9 Å². The second-order valence-electron chi connectivity index (χ2n) is 5.75. The Hall–Kier alpha value is -2.19. The highest BCUT2D eigenvalue weighted by Gasteiger charge is 2.35. The second-order valence-corrected chi connectivity index (χ2v) is 6.59. The highest BCUT2D eigenvalue weighted by atomic mass is 32.2. The molecular weight excluding hydrogens is 342 g/mol. The summed E-state index contributed by atoms with van der Waals surface area (Å²) in [4.78, 5) is 22.0. The summed E-state index contributed by atoms with van der Waals surface area (Å²) < 4.78 is 11.0. The third kappa shape index (κ3) is 3.32. The van der Waals surface area contributed by atoms with E-state index in [-0.39, 0.29) is 0 Å². The number of rotatable bonds is 6. The fraction of sp³-hybridized carbons (Fsp3) is 0.412. The third-order valence-electron chi connectivity index (χ3n) is 4.42. The summed E-state index contributed by atoms with van der Waals surface area (Å²) in [5.74, 6) is 0.578. The van der Waals surface area contributed by atoms with Gasteiger partial charge < -0.3 is 19.6 Å². The molecule has 1 aromatic carbocycles. The van der Waals surface area contributed by atoms with Crippen LogP contribution in [0.15, 0.2) is 23.4 Å². The van der Waals surface area contributed by atoms with Gasteiger partial charge in [0.25, 0.3) is 0 Å². The van der Waals surface area contributed by atoms with Gasteiger partial charge in [0.2, 0.25) is 0 Å². The molecule has 0 saturated heterocycles. The van der Waals surface area contributed by atoms with Crippen molar-refractivity contribution in [2.24, 2.45) is 0 Å². The van der Waals surface area contributed by atoms with Crippen LogP contribution in [0.2, 0.25) is 0 Å². The molecule has 1 aromatic heterocycles. The number of nitrogens with zero attached hydrogens (tertiary/aromatic N) is 2. The van der Waals surface area contributed by atoms with Crippen molar-refractivity contribution >= 4 is 17.7 Å². The summed E-state index contributed by atoms with van der Waals surface area (Å²) in [7, 11) is 3.24. The zero-order chi connectivity index (χ0) is 18.0. The van der Waals surface area contributed by atoms with Gasteiger partial charge in [0, 0.05) is 30.8 Å². The molecule has 2 aromatic rings. The standard InChI is InChI=1S/C17H21N3O4S/c1-23-12-7-14(25-3)13(24-2)6-10(12)8-20-5-4-11-15(19-9-18-11)16(20)17(21)22/h6-7,9,16H,4-5,8H2,1-3H3,(H,18,19)(H,21,22)/t16-/m0/s1. The van der Waals surface area contributed by atoms with Gasteiger partial charge in [-0.25, -0.2) is 4.98 Å². The van der Waals surface area contributed by atoms with Crippen LogP contribution in [0.4, 0.5) is 0 Å². The van der Waals surface area contributed by atoms with Crippen LogP contribution in [-0.2, 0) is 17.8 Å². The number of ether oxygens (including phenoxy) is 2. The minimum Gasteiger partial charge on any atom is -0.496 e. The van der Waals surface area contributed by atoms with E-state index >= 15 is 0 Å². The molecule has 2 heterocycles. The van der Waals surface area contributed by atoms with Gasteiger partial charge >= 0.3 is 5.97 Å². The van der Waals surface area contributed by atoms with Crippen LogP contribution < -0.4 is 9.47 Å². The zero-order valence-corrected chi connectivity index (χ0v) is 15.2. The van der Waals surface area contributed by atoms with Crippen LogP contribution in [0, 0.1) is 0 Å². The molecule has 1 aliphatic rings. The maximum absolute atomic E-state index is 11.8. The lowest BCUT2D eigenvalue weighted by atomic mass is 10.0. The van der Waals surface area contributed by atoms with Crippen LogP contribution in [0.1, 0.15) is 23.0 Å². The van der Waals surface area contributed by atoms with E-state index in [0.717, 1.165) is 34.1 Å². The fourth-order valence-electron chi connectivity index (χ4n) is 3.20. The molecule has 3 rings (SSSR count). The largest absolute Gasteiger partial charge is 0.496 e. The van der Waals surface area contributed by atoms with Gasteiger partial charge in [0.15, 0.2) is 6.04 Å². The van der Waals surface area contributed by atoms with Crippen LogP contribution in [0.3, 0.4) is 0 Å². The van der Waals surface area contributed by atoms with Crippen molar-refractivity contribution in [2.45, 2.75) is 23.9 Å². The van der Waals surface area contributed by atoms with Crippen molar-refractivity contribution in [3.05, 3.63) is 35.4 Å². The van der Waals surface area contributed by atoms with E-state index in [9.17, 15) is 9.90 Å². The molecule has 0 fully saturated rings. The topological polar surface area (TPSA) is 87.7 Å². The normalized spacial score (nSPS) is 17.2. The lowest BCUT2D eigenvalue weighted by Crippen LogP contribution is -2.39. The number of hydrogen-bond acceptors (Lipinski definition) is 6. The predicted molar refractivity (Wildman–Crippen MR) is 94.4 cm³/mol. The Morgan fingerprint density at radius 2 is 2.16 bits per heavy atom. The van der Waals surface area contributed by atoms with E-state index in [4.69, 9.17) is 9.47 Å². The average Bonchev–Trinajstić information content (AvgIpc) is 3.09. The van der Waals surface area contributed by atoms with Gasteiger partial charge in [-0.15, -0.1) is 11.8 Å². The summed E-state index contributed by atoms with van der Waals surface area (Å²) in [5, 5.41) is 9.71. The number of nitrogens with one attached hydrogen (secondary N) is 1. The average molecular weight is 363 g/mol. The molecule has 8 heteroatoms. The monoisotopic (exact) mass is 363 g/mol. The van der Waals surface area contributed by atoms with E-state index < -0.39 is 12.0 Å². The maximum Gasteiger partial charge on any atom is 0.327 e. The number of hydrogen-bond donors (Lipinski definition) is 2. The SMILES string of the molecule is COc1cc(SC)c(OC)cc1CN1CCc2[nH]cnc2[C@H]1C(=O)O. The zero-order valence-electron chi connectivity index (χ0n) is 14.4. The van der Waals surface area contributed by atoms with Crippen molar-refractivity contribution in [2.75, 3.05) is 27.0 Å². The van der Waals surface area contributed by atoms with E-state index in [1.165, 1.54) is 0 Å². The number of aromatic nitrogens is 2. The molecule has 7 nitrogen and oxygen atoms in total. The van der Waals surface area contributed by atoms with Crippen LogP contribution in [0.25, 0.3) is 0 Å². The maximum atomic E-state index is 11.8. The smallest absolute Gasteiger partial charge is 0.327 e. The highest BCUT2D eigenvalue weighted by Crippen LogP contribution is 2.37. The number of H-pyrrole nitrogens is 1. The molecule has 134 valence electrons. The molecule has 0 bridgehead atoms. The Kier molecular flexibility index (Phi) is 5.19. The molecule has 0 unspecified atom stereocenters. The van der Waals surface area contributed by atoms with Crippen molar-refractivity contribution in [3.63, 3.8) is 0 Å². The number of imidazole rings is 1. The molecule has 0 amide bonds. The molecular formula is C17H21N3O4S. The third-order valence-corrected chi connectivity index (χ3v) is 5.18. The van der Waals surface area contributed by atoms with Crippen LogP contribution in [0.5, 0.6) is 11.5 Å². The minimum absolute atomic E-state index is 0.442. The van der Waals surface area contributed by atoms with Crippen LogP contribution in [-0.4, -0.2) is 53.0 Å². The summed E-state index contributed by atoms with van der Waals surface area (Å²) in [6, 6.07) is 3.08. The quantitative estimate of drug-likeness (QED) is 0.762. The first-order valence-corrected chi connectivity index (χ1v) is 9.09. The van der Waals surface area contributed by atoms with Gasteiger partial charge in [-0.05, 0) is 18.4 Å². The Morgan fingerprint density at radius 3 is 2.80 bits per heavy atom. The highest BCUT2D eigenvalue weighted by molar-refractivity contribution is 7.98. The number of carbonyl (C=O) groups is 1. The molecule has 0 radical (unpaired) electrons. The summed E-state index contributed by atoms with van der Waals surface area (Å²) in [6.45, 7) is 1.07. The van der Waals surface area contributed by atoms with Crippen molar-refractivity contribution < 1.29 is 19.4 Å². The molecule has 0 saturated carbocycles. The predicted octanol–water partition coefficient (Wildman–Crippen LogP) is 2.33.